The summed E-state index contributed by atoms with van der Waals surface area (Å²) in [7, 11) is 0. The summed E-state index contributed by atoms with van der Waals surface area (Å²) in [4.78, 5) is 13.8. The van der Waals surface area contributed by atoms with Crippen molar-refractivity contribution in [3.63, 3.8) is 0 Å². The molecule has 0 spiro atoms. The first-order chi connectivity index (χ1) is 12.7. The number of nitrogens with two attached hydrogens (primary N) is 2. The first kappa shape index (κ1) is 20.3. The fourth-order valence-corrected chi connectivity index (χ4v) is 2.49. The van der Waals surface area contributed by atoms with E-state index in [9.17, 15) is 0 Å². The summed E-state index contributed by atoms with van der Waals surface area (Å²) in [5.74, 6) is 0. The third-order valence-electron chi connectivity index (χ3n) is 3.52. The van der Waals surface area contributed by atoms with E-state index in [0.29, 0.717) is 19.8 Å². The largest absolute Gasteiger partial charge is 0.375 e. The number of ether oxygens (including phenoxy) is 1. The van der Waals surface area contributed by atoms with Crippen LogP contribution in [0, 0.1) is 0 Å². The van der Waals surface area contributed by atoms with Crippen LogP contribution in [0.15, 0.2) is 53.8 Å². The first-order valence-corrected chi connectivity index (χ1v) is 9.19. The molecule has 0 saturated heterocycles. The summed E-state index contributed by atoms with van der Waals surface area (Å²) in [6.07, 6.45) is 8.53. The minimum Gasteiger partial charge on any atom is -0.375 e. The first-order valence-electron chi connectivity index (χ1n) is 8.39. The third-order valence-corrected chi connectivity index (χ3v) is 4.05. The minimum atomic E-state index is -0.0131. The summed E-state index contributed by atoms with van der Waals surface area (Å²) in [6, 6.07) is 8.06. The molecule has 0 fully saturated rings. The Morgan fingerprint density at radius 2 is 1.69 bits per heavy atom. The van der Waals surface area contributed by atoms with Crippen LogP contribution in [0.5, 0.6) is 0 Å². The van der Waals surface area contributed by atoms with E-state index in [1.54, 1.807) is 25.0 Å². The average Bonchev–Trinajstić information content (AvgIpc) is 3.32. The molecular weight excluding hydrogens is 396 g/mol. The van der Waals surface area contributed by atoms with Crippen LogP contribution >= 0.6 is 15.9 Å². The Balaban J connectivity index is 0.000000254. The molecule has 2 aromatic heterocycles. The van der Waals surface area contributed by atoms with Gasteiger partial charge < -0.3 is 26.2 Å². The second-order valence-electron chi connectivity index (χ2n) is 5.80. The molecule has 6 N–H and O–H groups in total. The highest BCUT2D eigenvalue weighted by Gasteiger charge is 2.05. The molecule has 7 nitrogen and oxygen atoms in total. The molecule has 0 amide bonds. The highest BCUT2D eigenvalue weighted by molar-refractivity contribution is 9.10. The van der Waals surface area contributed by atoms with Crippen LogP contribution in [0.1, 0.15) is 17.0 Å². The molecule has 0 aliphatic carbocycles. The van der Waals surface area contributed by atoms with Gasteiger partial charge in [-0.25, -0.2) is 9.97 Å². The number of halogens is 1. The van der Waals surface area contributed by atoms with Crippen LogP contribution < -0.4 is 11.5 Å². The Morgan fingerprint density at radius 3 is 2.27 bits per heavy atom. The Bertz CT molecular complexity index is 700. The number of aromatic nitrogens is 4. The normalized spacial score (nSPS) is 11.7. The van der Waals surface area contributed by atoms with Crippen LogP contribution in [0.3, 0.4) is 0 Å². The molecule has 140 valence electrons. The van der Waals surface area contributed by atoms with Gasteiger partial charge in [0.15, 0.2) is 0 Å². The van der Waals surface area contributed by atoms with Crippen molar-refractivity contribution < 1.29 is 4.74 Å². The van der Waals surface area contributed by atoms with Crippen molar-refractivity contribution in [1.29, 1.82) is 0 Å². The van der Waals surface area contributed by atoms with Crippen molar-refractivity contribution in [2.24, 2.45) is 11.5 Å². The smallest absolute Gasteiger partial charge is 0.0921 e. The van der Waals surface area contributed by atoms with Crippen molar-refractivity contribution in [3.05, 3.63) is 70.7 Å². The van der Waals surface area contributed by atoms with Crippen LogP contribution in [-0.2, 0) is 24.2 Å². The van der Waals surface area contributed by atoms with Gasteiger partial charge >= 0.3 is 0 Å². The molecule has 1 aromatic carbocycles. The summed E-state index contributed by atoms with van der Waals surface area (Å²) >= 11 is 3.40. The van der Waals surface area contributed by atoms with E-state index < -0.39 is 0 Å². The predicted octanol–water partition coefficient (Wildman–Crippen LogP) is 2.17. The number of hydrogen-bond donors (Lipinski definition) is 4. The lowest BCUT2D eigenvalue weighted by molar-refractivity contribution is 0.107. The van der Waals surface area contributed by atoms with Gasteiger partial charge in [0.25, 0.3) is 0 Å². The molecule has 0 aliphatic rings. The van der Waals surface area contributed by atoms with Crippen molar-refractivity contribution in [1.82, 2.24) is 19.9 Å². The Morgan fingerprint density at radius 1 is 1.04 bits per heavy atom. The van der Waals surface area contributed by atoms with E-state index in [2.05, 4.69) is 35.9 Å². The van der Waals surface area contributed by atoms with Crippen molar-refractivity contribution >= 4 is 15.9 Å². The summed E-state index contributed by atoms with van der Waals surface area (Å²) in [6.45, 7) is 1.81. The van der Waals surface area contributed by atoms with Crippen molar-refractivity contribution in [3.8, 4) is 0 Å². The Kier molecular flexibility index (Phi) is 9.05. The van der Waals surface area contributed by atoms with Gasteiger partial charge in [0.1, 0.15) is 0 Å². The molecule has 2 heterocycles. The number of nitrogens with one attached hydrogen (secondary N) is 2. The number of imidazole rings is 2. The SMILES string of the molecule is NCCc1cnc[nH]1.N[C@@H](COCc1ccc(Br)cc1)Cc1cnc[nH]1. The van der Waals surface area contributed by atoms with Crippen LogP contribution in [0.4, 0.5) is 0 Å². The molecule has 1 atom stereocenters. The zero-order valence-electron chi connectivity index (χ0n) is 14.6. The highest BCUT2D eigenvalue weighted by Crippen LogP contribution is 2.11. The van der Waals surface area contributed by atoms with Crippen molar-refractivity contribution in [2.45, 2.75) is 25.5 Å². The van der Waals surface area contributed by atoms with Crippen LogP contribution in [0.2, 0.25) is 0 Å². The van der Waals surface area contributed by atoms with Gasteiger partial charge in [-0.15, -0.1) is 0 Å². The monoisotopic (exact) mass is 420 g/mol. The van der Waals surface area contributed by atoms with E-state index >= 15 is 0 Å². The third kappa shape index (κ3) is 7.92. The molecule has 0 bridgehead atoms. The molecule has 0 unspecified atom stereocenters. The number of benzene rings is 1. The lowest BCUT2D eigenvalue weighted by Gasteiger charge is -2.11. The van der Waals surface area contributed by atoms with Crippen molar-refractivity contribution in [2.75, 3.05) is 13.2 Å². The molecule has 8 heteroatoms. The quantitative estimate of drug-likeness (QED) is 0.445. The zero-order chi connectivity index (χ0) is 18.6. The Hall–Kier alpha value is -2.00. The summed E-state index contributed by atoms with van der Waals surface area (Å²) in [5, 5.41) is 0. The minimum absolute atomic E-state index is 0.0131. The van der Waals surface area contributed by atoms with Gasteiger partial charge in [0, 0.05) is 47.1 Å². The van der Waals surface area contributed by atoms with Gasteiger partial charge in [0.05, 0.1) is 25.9 Å². The molecule has 0 saturated carbocycles. The zero-order valence-corrected chi connectivity index (χ0v) is 16.2. The maximum Gasteiger partial charge on any atom is 0.0921 e. The van der Waals surface area contributed by atoms with Crippen LogP contribution in [-0.4, -0.2) is 39.1 Å². The standard InChI is InChI=1S/C13H16BrN3O.C5H9N3/c14-11-3-1-10(2-4-11)7-18-8-12(15)5-13-6-16-9-17-13;6-2-1-5-3-7-4-8-5/h1-4,6,9,12H,5,7-8,15H2,(H,16,17);3-4H,1-2,6H2,(H,7,8)/t12-;/m1./s1. The van der Waals surface area contributed by atoms with Crippen LogP contribution in [0.25, 0.3) is 0 Å². The van der Waals surface area contributed by atoms with Gasteiger partial charge in [-0.2, -0.15) is 0 Å². The summed E-state index contributed by atoms with van der Waals surface area (Å²) in [5.41, 5.74) is 14.5. The van der Waals surface area contributed by atoms with Gasteiger partial charge in [-0.05, 0) is 24.2 Å². The fraction of sp³-hybridized carbons (Fsp3) is 0.333. The van der Waals surface area contributed by atoms with Gasteiger partial charge in [-0.3, -0.25) is 0 Å². The molecule has 3 rings (SSSR count). The maximum atomic E-state index is 5.97. The second-order valence-corrected chi connectivity index (χ2v) is 6.71. The molecule has 0 radical (unpaired) electrons. The van der Waals surface area contributed by atoms with E-state index in [1.165, 1.54) is 0 Å². The van der Waals surface area contributed by atoms with E-state index in [4.69, 9.17) is 16.2 Å². The highest BCUT2D eigenvalue weighted by atomic mass is 79.9. The molecule has 3 aromatic rings. The topological polar surface area (TPSA) is 119 Å². The lowest BCUT2D eigenvalue weighted by Crippen LogP contribution is -2.28. The number of aromatic amines is 2. The lowest BCUT2D eigenvalue weighted by atomic mass is 10.2. The Labute approximate surface area is 161 Å². The van der Waals surface area contributed by atoms with E-state index in [1.807, 2.05) is 24.3 Å². The second kappa shape index (κ2) is 11.6. The maximum absolute atomic E-state index is 5.97. The number of nitrogens with zero attached hydrogens (tertiary/aromatic N) is 2. The van der Waals surface area contributed by atoms with E-state index in [-0.39, 0.29) is 6.04 Å². The average molecular weight is 421 g/mol. The van der Waals surface area contributed by atoms with E-state index in [0.717, 1.165) is 34.3 Å². The van der Waals surface area contributed by atoms with Gasteiger partial charge in [-0.1, -0.05) is 28.1 Å². The number of H-pyrrole nitrogens is 2. The number of rotatable bonds is 8. The summed E-state index contributed by atoms with van der Waals surface area (Å²) < 4.78 is 6.67. The molecular formula is C18H25BrN6O. The molecule has 26 heavy (non-hydrogen) atoms. The van der Waals surface area contributed by atoms with Gasteiger partial charge in [0.2, 0.25) is 0 Å². The number of hydrogen-bond acceptors (Lipinski definition) is 5. The fourth-order valence-electron chi connectivity index (χ4n) is 2.22. The molecule has 0 aliphatic heterocycles. The predicted molar refractivity (Wildman–Crippen MR) is 105 cm³/mol.